The number of ether oxygens (including phenoxy) is 1. The zero-order valence-electron chi connectivity index (χ0n) is 15.6. The van der Waals surface area contributed by atoms with Crippen LogP contribution in [0.2, 0.25) is 0 Å². The van der Waals surface area contributed by atoms with Crippen molar-refractivity contribution in [3.63, 3.8) is 0 Å². The summed E-state index contributed by atoms with van der Waals surface area (Å²) in [6, 6.07) is 0.983. The highest BCUT2D eigenvalue weighted by Crippen LogP contribution is 2.40. The minimum Gasteiger partial charge on any atom is -0.462 e. The van der Waals surface area contributed by atoms with Crippen LogP contribution in [0.25, 0.3) is 10.9 Å². The number of halogens is 2. The van der Waals surface area contributed by atoms with E-state index in [0.717, 1.165) is 18.9 Å². The molecule has 1 aliphatic heterocycles. The van der Waals surface area contributed by atoms with Gasteiger partial charge in [-0.05, 0) is 32.3 Å². The van der Waals surface area contributed by atoms with Gasteiger partial charge in [-0.25, -0.2) is 13.6 Å². The normalized spacial score (nSPS) is 19.4. The molecule has 1 aromatic carbocycles. The van der Waals surface area contributed by atoms with Crippen molar-refractivity contribution >= 4 is 22.6 Å². The van der Waals surface area contributed by atoms with Crippen LogP contribution in [-0.4, -0.2) is 41.9 Å². The molecule has 2 heterocycles. The predicted octanol–water partition coefficient (Wildman–Crippen LogP) is 2.61. The highest BCUT2D eigenvalue weighted by molar-refractivity contribution is 5.95. The SMILES string of the molecule is CCOC(=O)c1cn(C2CC2)c2c(F)c(N3CCC(CO)C3)c(F)cc2c1=O. The van der Waals surface area contributed by atoms with Crippen LogP contribution in [0, 0.1) is 17.6 Å². The van der Waals surface area contributed by atoms with E-state index in [1.165, 1.54) is 6.20 Å². The molecule has 1 saturated heterocycles. The van der Waals surface area contributed by atoms with E-state index in [4.69, 9.17) is 4.74 Å². The Labute approximate surface area is 160 Å². The number of aliphatic hydroxyl groups excluding tert-OH is 1. The first kappa shape index (κ1) is 18.9. The summed E-state index contributed by atoms with van der Waals surface area (Å²) >= 11 is 0. The molecular weight excluding hydrogens is 370 g/mol. The van der Waals surface area contributed by atoms with Crippen LogP contribution < -0.4 is 10.3 Å². The molecule has 1 atom stereocenters. The lowest BCUT2D eigenvalue weighted by Gasteiger charge is -2.22. The van der Waals surface area contributed by atoms with Crippen LogP contribution in [0.1, 0.15) is 42.6 Å². The van der Waals surface area contributed by atoms with Crippen molar-refractivity contribution < 1.29 is 23.4 Å². The lowest BCUT2D eigenvalue weighted by Crippen LogP contribution is -2.25. The summed E-state index contributed by atoms with van der Waals surface area (Å²) in [7, 11) is 0. The third-order valence-electron chi connectivity index (χ3n) is 5.48. The van der Waals surface area contributed by atoms with Gasteiger partial charge in [-0.3, -0.25) is 4.79 Å². The largest absolute Gasteiger partial charge is 0.462 e. The number of fused-ring (bicyclic) bond motifs is 1. The van der Waals surface area contributed by atoms with Gasteiger partial charge < -0.3 is 19.3 Å². The molecule has 4 rings (SSSR count). The average Bonchev–Trinajstić information content (AvgIpc) is 3.40. The Hall–Kier alpha value is -2.48. The maximum absolute atomic E-state index is 15.5. The van der Waals surface area contributed by atoms with Crippen molar-refractivity contribution in [1.82, 2.24) is 4.57 Å². The van der Waals surface area contributed by atoms with E-state index in [1.807, 2.05) is 0 Å². The van der Waals surface area contributed by atoms with Gasteiger partial charge >= 0.3 is 5.97 Å². The zero-order chi connectivity index (χ0) is 20.0. The summed E-state index contributed by atoms with van der Waals surface area (Å²) in [5, 5.41) is 9.17. The summed E-state index contributed by atoms with van der Waals surface area (Å²) in [6.07, 6.45) is 3.57. The molecule has 150 valence electrons. The van der Waals surface area contributed by atoms with E-state index >= 15 is 4.39 Å². The monoisotopic (exact) mass is 392 g/mol. The van der Waals surface area contributed by atoms with Crippen molar-refractivity contribution in [3.8, 4) is 0 Å². The second kappa shape index (κ2) is 7.16. The number of aliphatic hydroxyl groups is 1. The van der Waals surface area contributed by atoms with Gasteiger partial charge in [0, 0.05) is 37.9 Å². The van der Waals surface area contributed by atoms with Gasteiger partial charge in [-0.15, -0.1) is 0 Å². The fourth-order valence-corrected chi connectivity index (χ4v) is 3.90. The lowest BCUT2D eigenvalue weighted by atomic mass is 10.1. The second-order valence-electron chi connectivity index (χ2n) is 7.43. The van der Waals surface area contributed by atoms with Crippen LogP contribution in [0.5, 0.6) is 0 Å². The quantitative estimate of drug-likeness (QED) is 0.792. The number of nitrogens with zero attached hydrogens (tertiary/aromatic N) is 2. The van der Waals surface area contributed by atoms with Crippen LogP contribution in [0.4, 0.5) is 14.5 Å². The first-order valence-electron chi connectivity index (χ1n) is 9.56. The Morgan fingerprint density at radius 1 is 1.32 bits per heavy atom. The molecule has 1 saturated carbocycles. The third-order valence-corrected chi connectivity index (χ3v) is 5.48. The minimum atomic E-state index is -0.843. The number of esters is 1. The van der Waals surface area contributed by atoms with E-state index in [9.17, 15) is 19.1 Å². The topological polar surface area (TPSA) is 71.8 Å². The van der Waals surface area contributed by atoms with E-state index in [1.54, 1.807) is 16.4 Å². The molecule has 0 radical (unpaired) electrons. The van der Waals surface area contributed by atoms with Gasteiger partial charge in [0.15, 0.2) is 5.82 Å². The summed E-state index contributed by atoms with van der Waals surface area (Å²) in [6.45, 7) is 2.47. The number of carbonyl (C=O) groups excluding carboxylic acids is 1. The molecule has 2 aromatic rings. The van der Waals surface area contributed by atoms with Crippen molar-refractivity contribution in [1.29, 1.82) is 0 Å². The van der Waals surface area contributed by atoms with Crippen LogP contribution in [0.15, 0.2) is 17.1 Å². The van der Waals surface area contributed by atoms with Gasteiger partial charge in [0.25, 0.3) is 0 Å². The van der Waals surface area contributed by atoms with Gasteiger partial charge in [-0.2, -0.15) is 0 Å². The first-order valence-corrected chi connectivity index (χ1v) is 9.56. The number of carbonyl (C=O) groups is 1. The van der Waals surface area contributed by atoms with Crippen molar-refractivity contribution in [2.24, 2.45) is 5.92 Å². The summed E-state index contributed by atoms with van der Waals surface area (Å²) in [5.41, 5.74) is -1.11. The number of hydrogen-bond acceptors (Lipinski definition) is 5. The van der Waals surface area contributed by atoms with E-state index < -0.39 is 23.0 Å². The van der Waals surface area contributed by atoms with Crippen molar-refractivity contribution in [2.45, 2.75) is 32.2 Å². The number of anilines is 1. The third kappa shape index (κ3) is 3.05. The molecule has 8 heteroatoms. The van der Waals surface area contributed by atoms with Gasteiger partial charge in [0.05, 0.1) is 17.5 Å². The molecule has 0 amide bonds. The van der Waals surface area contributed by atoms with Crippen LogP contribution in [0.3, 0.4) is 0 Å². The van der Waals surface area contributed by atoms with Gasteiger partial charge in [-0.1, -0.05) is 0 Å². The van der Waals surface area contributed by atoms with Gasteiger partial charge in [0.1, 0.15) is 17.1 Å². The number of rotatable bonds is 5. The summed E-state index contributed by atoms with van der Waals surface area (Å²) in [5.74, 6) is -2.47. The van der Waals surface area contributed by atoms with Crippen LogP contribution in [-0.2, 0) is 4.74 Å². The van der Waals surface area contributed by atoms with Gasteiger partial charge in [0.2, 0.25) is 5.43 Å². The molecule has 2 aliphatic rings. The highest BCUT2D eigenvalue weighted by Gasteiger charge is 2.33. The maximum Gasteiger partial charge on any atom is 0.343 e. The van der Waals surface area contributed by atoms with Crippen molar-refractivity contribution in [2.75, 3.05) is 31.2 Å². The summed E-state index contributed by atoms with van der Waals surface area (Å²) < 4.78 is 36.9. The fraction of sp³-hybridized carbons (Fsp3) is 0.500. The number of aromatic nitrogens is 1. The second-order valence-corrected chi connectivity index (χ2v) is 7.43. The standard InChI is InChI=1S/C20H22F2N2O4/c1-2-28-20(27)14-9-24(12-3-4-12)17-13(19(14)26)7-15(21)18(16(17)22)23-6-5-11(8-23)10-25/h7,9,11-12,25H,2-6,8,10H2,1H3. The minimum absolute atomic E-state index is 0.0180. The first-order chi connectivity index (χ1) is 13.5. The van der Waals surface area contributed by atoms with E-state index in [-0.39, 0.29) is 47.3 Å². The maximum atomic E-state index is 15.5. The number of pyridine rings is 1. The highest BCUT2D eigenvalue weighted by atomic mass is 19.1. The molecule has 1 N–H and O–H groups in total. The Kier molecular flexibility index (Phi) is 4.82. The smallest absolute Gasteiger partial charge is 0.343 e. The molecule has 1 aromatic heterocycles. The van der Waals surface area contributed by atoms with Crippen molar-refractivity contribution in [3.05, 3.63) is 39.7 Å². The lowest BCUT2D eigenvalue weighted by molar-refractivity contribution is 0.0524. The molecule has 28 heavy (non-hydrogen) atoms. The molecule has 1 aliphatic carbocycles. The van der Waals surface area contributed by atoms with E-state index in [2.05, 4.69) is 0 Å². The van der Waals surface area contributed by atoms with Crippen LogP contribution >= 0.6 is 0 Å². The Morgan fingerprint density at radius 2 is 2.07 bits per heavy atom. The molecule has 0 spiro atoms. The molecule has 0 bridgehead atoms. The fourth-order valence-electron chi connectivity index (χ4n) is 3.90. The number of benzene rings is 1. The molecule has 6 nitrogen and oxygen atoms in total. The molecule has 1 unspecified atom stereocenters. The Balaban J connectivity index is 1.93. The average molecular weight is 392 g/mol. The summed E-state index contributed by atoms with van der Waals surface area (Å²) in [4.78, 5) is 26.5. The molecule has 2 fully saturated rings. The predicted molar refractivity (Wildman–Crippen MR) is 99.8 cm³/mol. The Bertz CT molecular complexity index is 1000. The van der Waals surface area contributed by atoms with E-state index in [0.29, 0.717) is 19.5 Å². The zero-order valence-corrected chi connectivity index (χ0v) is 15.6. The Morgan fingerprint density at radius 3 is 2.68 bits per heavy atom. The number of hydrogen-bond donors (Lipinski definition) is 1. The molecular formula is C20H22F2N2O4.